The summed E-state index contributed by atoms with van der Waals surface area (Å²) < 4.78 is 0. The molecule has 2 atom stereocenters. The van der Waals surface area contributed by atoms with Crippen LogP contribution in [0, 0.1) is 0 Å². The molecule has 2 unspecified atom stereocenters. The first-order valence-corrected chi connectivity index (χ1v) is 7.52. The summed E-state index contributed by atoms with van der Waals surface area (Å²) in [4.78, 5) is 15.2. The first-order chi connectivity index (χ1) is 9.11. The molecule has 6 heteroatoms. The van der Waals surface area contributed by atoms with Crippen molar-refractivity contribution in [1.82, 2.24) is 4.98 Å². The molecule has 19 heavy (non-hydrogen) atoms. The topological polar surface area (TPSA) is 88.2 Å². The molecule has 0 bridgehead atoms. The average Bonchev–Trinajstić information content (AvgIpc) is 2.79. The van der Waals surface area contributed by atoms with Crippen molar-refractivity contribution >= 4 is 29.2 Å². The number of thioether (sulfide) groups is 1. The second-order valence-electron chi connectivity index (χ2n) is 4.66. The fourth-order valence-corrected chi connectivity index (χ4v) is 3.57. The monoisotopic (exact) mass is 281 g/mol. The highest BCUT2D eigenvalue weighted by Gasteiger charge is 2.25. The summed E-state index contributed by atoms with van der Waals surface area (Å²) in [6, 6.07) is 1.76. The van der Waals surface area contributed by atoms with E-state index in [9.17, 15) is 4.79 Å². The van der Waals surface area contributed by atoms with Crippen LogP contribution >= 0.6 is 11.8 Å². The van der Waals surface area contributed by atoms with E-state index in [1.54, 1.807) is 0 Å². The summed E-state index contributed by atoms with van der Waals surface area (Å²) in [7, 11) is 0. The van der Waals surface area contributed by atoms with Gasteiger partial charge in [-0.3, -0.25) is 0 Å². The van der Waals surface area contributed by atoms with Gasteiger partial charge >= 0.3 is 5.97 Å². The van der Waals surface area contributed by atoms with Crippen molar-refractivity contribution in [2.75, 3.05) is 16.8 Å². The fraction of sp³-hybridized carbons (Fsp3) is 0.538. The average molecular weight is 281 g/mol. The molecule has 1 saturated carbocycles. The zero-order valence-corrected chi connectivity index (χ0v) is 11.7. The Kier molecular flexibility index (Phi) is 4.52. The first-order valence-electron chi connectivity index (χ1n) is 6.47. The number of nitrogens with zero attached hydrogens (tertiary/aromatic N) is 1. The van der Waals surface area contributed by atoms with Crippen LogP contribution in [0.15, 0.2) is 12.3 Å². The maximum absolute atomic E-state index is 11.0. The number of anilines is 2. The smallest absolute Gasteiger partial charge is 0.337 e. The van der Waals surface area contributed by atoms with Gasteiger partial charge in [0.05, 0.1) is 11.3 Å². The molecule has 104 valence electrons. The molecule has 4 N–H and O–H groups in total. The van der Waals surface area contributed by atoms with Gasteiger partial charge in [-0.1, -0.05) is 6.92 Å². The minimum absolute atomic E-state index is 0.106. The molecule has 5 nitrogen and oxygen atoms in total. The van der Waals surface area contributed by atoms with Gasteiger partial charge in [0.1, 0.15) is 5.82 Å². The number of aromatic nitrogens is 1. The Morgan fingerprint density at radius 1 is 1.63 bits per heavy atom. The summed E-state index contributed by atoms with van der Waals surface area (Å²) in [5, 5.41) is 13.0. The number of carboxylic acid groups (broad SMARTS) is 1. The Hall–Kier alpha value is -1.43. The van der Waals surface area contributed by atoms with Crippen LogP contribution in [0.1, 0.15) is 36.5 Å². The number of carbonyl (C=O) groups is 1. The van der Waals surface area contributed by atoms with E-state index in [-0.39, 0.29) is 11.3 Å². The lowest BCUT2D eigenvalue weighted by molar-refractivity contribution is 0.0698. The van der Waals surface area contributed by atoms with Crippen LogP contribution in [0.25, 0.3) is 0 Å². The van der Waals surface area contributed by atoms with Gasteiger partial charge in [-0.15, -0.1) is 0 Å². The first kappa shape index (κ1) is 14.0. The van der Waals surface area contributed by atoms with Crippen molar-refractivity contribution in [3.63, 3.8) is 0 Å². The fourth-order valence-electron chi connectivity index (χ4n) is 2.43. The summed E-state index contributed by atoms with van der Waals surface area (Å²) >= 11 is 1.98. The third-order valence-corrected chi connectivity index (χ3v) is 4.58. The molecule has 0 spiro atoms. The van der Waals surface area contributed by atoms with E-state index < -0.39 is 5.97 Å². The van der Waals surface area contributed by atoms with Gasteiger partial charge in [0.2, 0.25) is 0 Å². The van der Waals surface area contributed by atoms with E-state index in [0.717, 1.165) is 18.6 Å². The number of hydrogen-bond acceptors (Lipinski definition) is 5. The molecule has 1 aromatic heterocycles. The second-order valence-corrected chi connectivity index (χ2v) is 6.23. The normalized spacial score (nSPS) is 22.4. The molecular weight excluding hydrogens is 262 g/mol. The third-order valence-electron chi connectivity index (χ3n) is 3.35. The number of nitrogens with two attached hydrogens (primary N) is 1. The van der Waals surface area contributed by atoms with Gasteiger partial charge in [-0.25, -0.2) is 9.78 Å². The molecule has 1 aliphatic carbocycles. The van der Waals surface area contributed by atoms with Crippen molar-refractivity contribution in [3.05, 3.63) is 17.8 Å². The SMILES string of the molecule is CCSC1CCC(Nc2nccc(C(=O)O)c2N)C1. The number of hydrogen-bond donors (Lipinski definition) is 3. The largest absolute Gasteiger partial charge is 0.478 e. The van der Waals surface area contributed by atoms with Crippen LogP contribution in [-0.4, -0.2) is 33.1 Å². The number of carboxylic acids is 1. The maximum atomic E-state index is 11.0. The highest BCUT2D eigenvalue weighted by molar-refractivity contribution is 7.99. The van der Waals surface area contributed by atoms with E-state index in [2.05, 4.69) is 17.2 Å². The predicted octanol–water partition coefficient (Wildman–Crippen LogP) is 2.45. The zero-order valence-electron chi connectivity index (χ0n) is 10.9. The summed E-state index contributed by atoms with van der Waals surface area (Å²) in [6.07, 6.45) is 4.83. The molecule has 1 fully saturated rings. The van der Waals surface area contributed by atoms with E-state index >= 15 is 0 Å². The highest BCUT2D eigenvalue weighted by atomic mass is 32.2. The quantitative estimate of drug-likeness (QED) is 0.768. The van der Waals surface area contributed by atoms with E-state index in [1.807, 2.05) is 11.8 Å². The lowest BCUT2D eigenvalue weighted by Crippen LogP contribution is -2.19. The highest BCUT2D eigenvalue weighted by Crippen LogP contribution is 2.32. The predicted molar refractivity (Wildman–Crippen MR) is 78.8 cm³/mol. The molecule has 0 aliphatic heterocycles. The number of nitrogens with one attached hydrogen (secondary N) is 1. The van der Waals surface area contributed by atoms with Crippen LogP contribution in [0.2, 0.25) is 0 Å². The molecule has 0 saturated heterocycles. The maximum Gasteiger partial charge on any atom is 0.337 e. The second kappa shape index (κ2) is 6.14. The molecule has 1 heterocycles. The van der Waals surface area contributed by atoms with Crippen LogP contribution in [0.4, 0.5) is 11.5 Å². The molecule has 2 rings (SSSR count). The summed E-state index contributed by atoms with van der Waals surface area (Å²) in [6.45, 7) is 2.17. The molecule has 0 amide bonds. The Morgan fingerprint density at radius 3 is 3.11 bits per heavy atom. The Labute approximate surface area is 117 Å². The number of rotatable bonds is 5. The molecule has 1 aromatic rings. The Balaban J connectivity index is 2.04. The van der Waals surface area contributed by atoms with Gasteiger partial charge in [0, 0.05) is 17.5 Å². The van der Waals surface area contributed by atoms with E-state index in [4.69, 9.17) is 10.8 Å². The van der Waals surface area contributed by atoms with Gasteiger partial charge in [-0.05, 0) is 31.1 Å². The van der Waals surface area contributed by atoms with Gasteiger partial charge in [-0.2, -0.15) is 11.8 Å². The number of aromatic carboxylic acids is 1. The molecule has 1 aliphatic rings. The van der Waals surface area contributed by atoms with Gasteiger partial charge in [0.15, 0.2) is 0 Å². The van der Waals surface area contributed by atoms with Crippen molar-refractivity contribution in [3.8, 4) is 0 Å². The lowest BCUT2D eigenvalue weighted by atomic mass is 10.2. The molecular formula is C13H19N3O2S. The number of pyridine rings is 1. The Bertz CT molecular complexity index is 467. The zero-order chi connectivity index (χ0) is 13.8. The third kappa shape index (κ3) is 3.32. The number of nitrogen functional groups attached to an aromatic ring is 1. The standard InChI is InChI=1S/C13H19N3O2S/c1-2-19-9-4-3-8(7-9)16-12-11(14)10(13(17)18)5-6-15-12/h5-6,8-9H,2-4,7,14H2,1H3,(H,15,16)(H,17,18). The van der Waals surface area contributed by atoms with Crippen molar-refractivity contribution < 1.29 is 9.90 Å². The van der Waals surface area contributed by atoms with Crippen LogP contribution in [0.5, 0.6) is 0 Å². The lowest BCUT2D eigenvalue weighted by Gasteiger charge is -2.16. The van der Waals surface area contributed by atoms with Crippen LogP contribution in [0.3, 0.4) is 0 Å². The molecule has 0 aromatic carbocycles. The van der Waals surface area contributed by atoms with E-state index in [1.165, 1.54) is 18.7 Å². The summed E-state index contributed by atoms with van der Waals surface area (Å²) in [5.74, 6) is 0.604. The van der Waals surface area contributed by atoms with Crippen molar-refractivity contribution in [1.29, 1.82) is 0 Å². The van der Waals surface area contributed by atoms with Crippen molar-refractivity contribution in [2.45, 2.75) is 37.5 Å². The minimum atomic E-state index is -1.02. The minimum Gasteiger partial charge on any atom is -0.478 e. The van der Waals surface area contributed by atoms with Crippen molar-refractivity contribution in [2.24, 2.45) is 0 Å². The Morgan fingerprint density at radius 2 is 2.42 bits per heavy atom. The van der Waals surface area contributed by atoms with Crippen LogP contribution < -0.4 is 11.1 Å². The van der Waals surface area contributed by atoms with Gasteiger partial charge < -0.3 is 16.2 Å². The molecule has 0 radical (unpaired) electrons. The summed E-state index contributed by atoms with van der Waals surface area (Å²) in [5.41, 5.74) is 6.17. The van der Waals surface area contributed by atoms with E-state index in [0.29, 0.717) is 17.1 Å². The van der Waals surface area contributed by atoms with Gasteiger partial charge in [0.25, 0.3) is 0 Å². The van der Waals surface area contributed by atoms with Crippen LogP contribution in [-0.2, 0) is 0 Å².